The lowest BCUT2D eigenvalue weighted by Crippen LogP contribution is -2.39. The van der Waals surface area contributed by atoms with E-state index in [0.717, 1.165) is 42.9 Å². The number of thiocarbonyl (C=S) groups is 1. The van der Waals surface area contributed by atoms with Crippen LogP contribution in [0.5, 0.6) is 5.75 Å². The highest BCUT2D eigenvalue weighted by atomic mass is 32.1. The Hall–Kier alpha value is -1.82. The number of rotatable bonds is 4. The van der Waals surface area contributed by atoms with Crippen LogP contribution in [0.2, 0.25) is 0 Å². The van der Waals surface area contributed by atoms with Crippen LogP contribution in [0, 0.1) is 5.92 Å². The van der Waals surface area contributed by atoms with Gasteiger partial charge >= 0.3 is 0 Å². The molecule has 4 N–H and O–H groups in total. The molecule has 0 aliphatic carbocycles. The van der Waals surface area contributed by atoms with E-state index >= 15 is 0 Å². The molecular weight excluding hydrogens is 274 g/mol. The van der Waals surface area contributed by atoms with Gasteiger partial charge in [-0.1, -0.05) is 12.2 Å². The number of amides is 1. The van der Waals surface area contributed by atoms with Crippen LogP contribution in [0.4, 0.5) is 5.69 Å². The van der Waals surface area contributed by atoms with Gasteiger partial charge in [-0.15, -0.1) is 0 Å². The molecule has 2 rings (SSSR count). The fourth-order valence-electron chi connectivity index (χ4n) is 2.51. The van der Waals surface area contributed by atoms with Gasteiger partial charge in [-0.2, -0.15) is 0 Å². The van der Waals surface area contributed by atoms with Crippen LogP contribution < -0.4 is 21.1 Å². The van der Waals surface area contributed by atoms with Gasteiger partial charge in [0, 0.05) is 30.6 Å². The maximum Gasteiger partial charge on any atom is 0.220 e. The van der Waals surface area contributed by atoms with Crippen LogP contribution >= 0.6 is 12.2 Å². The Morgan fingerprint density at radius 3 is 2.50 bits per heavy atom. The second kappa shape index (κ2) is 6.09. The molecule has 0 spiro atoms. The van der Waals surface area contributed by atoms with E-state index in [1.165, 1.54) is 0 Å². The first-order chi connectivity index (χ1) is 9.52. The highest BCUT2D eigenvalue weighted by molar-refractivity contribution is 7.80. The third-order valence-corrected chi connectivity index (χ3v) is 3.93. The topological polar surface area (TPSA) is 81.6 Å². The average Bonchev–Trinajstić information content (AvgIpc) is 2.46. The minimum atomic E-state index is -0.218. The van der Waals surface area contributed by atoms with Gasteiger partial charge in [-0.3, -0.25) is 4.79 Å². The summed E-state index contributed by atoms with van der Waals surface area (Å²) in [6.45, 7) is 1.52. The van der Waals surface area contributed by atoms with Gasteiger partial charge in [-0.25, -0.2) is 0 Å². The summed E-state index contributed by atoms with van der Waals surface area (Å²) >= 11 is 5.10. The number of methoxy groups -OCH3 is 1. The molecule has 0 saturated carbocycles. The smallest absolute Gasteiger partial charge is 0.220 e. The van der Waals surface area contributed by atoms with Crippen molar-refractivity contribution in [1.82, 2.24) is 0 Å². The minimum absolute atomic E-state index is 0.0369. The molecule has 0 atom stereocenters. The summed E-state index contributed by atoms with van der Waals surface area (Å²) in [5.41, 5.74) is 12.9. The Bertz CT molecular complexity index is 525. The van der Waals surface area contributed by atoms with E-state index in [1.54, 1.807) is 7.11 Å². The van der Waals surface area contributed by atoms with Crippen LogP contribution in [0.1, 0.15) is 18.4 Å². The Morgan fingerprint density at radius 1 is 1.35 bits per heavy atom. The summed E-state index contributed by atoms with van der Waals surface area (Å²) in [5, 5.41) is 0. The molecule has 0 unspecified atom stereocenters. The van der Waals surface area contributed by atoms with Crippen molar-refractivity contribution in [2.24, 2.45) is 17.4 Å². The van der Waals surface area contributed by atoms with Gasteiger partial charge in [0.2, 0.25) is 5.91 Å². The van der Waals surface area contributed by atoms with E-state index < -0.39 is 0 Å². The molecular formula is C14H19N3O2S. The molecule has 1 aliphatic heterocycles. The minimum Gasteiger partial charge on any atom is -0.497 e. The second-order valence-electron chi connectivity index (χ2n) is 4.91. The number of carbonyl (C=O) groups is 1. The average molecular weight is 293 g/mol. The third kappa shape index (κ3) is 3.01. The van der Waals surface area contributed by atoms with Crippen LogP contribution in [0.15, 0.2) is 18.2 Å². The maximum atomic E-state index is 11.2. The lowest BCUT2D eigenvalue weighted by molar-refractivity contribution is -0.122. The van der Waals surface area contributed by atoms with Crippen LogP contribution in [0.25, 0.3) is 0 Å². The molecule has 1 aliphatic rings. The SMILES string of the molecule is COc1ccc(C(N)=S)c(N2CCC(C(N)=O)CC2)c1. The standard InChI is InChI=1S/C14H19N3O2S/c1-19-10-2-3-11(14(16)20)12(8-10)17-6-4-9(5-7-17)13(15)18/h2-3,8-9H,4-7H2,1H3,(H2,15,18)(H2,16,20). The lowest BCUT2D eigenvalue weighted by atomic mass is 9.95. The van der Waals surface area contributed by atoms with Crippen LogP contribution in [-0.4, -0.2) is 31.1 Å². The molecule has 1 aromatic rings. The summed E-state index contributed by atoms with van der Waals surface area (Å²) in [6, 6.07) is 5.64. The number of benzene rings is 1. The number of primary amides is 1. The van der Waals surface area contributed by atoms with Gasteiger partial charge in [0.15, 0.2) is 0 Å². The molecule has 1 amide bonds. The zero-order valence-corrected chi connectivity index (χ0v) is 12.3. The van der Waals surface area contributed by atoms with E-state index in [1.807, 2.05) is 18.2 Å². The summed E-state index contributed by atoms with van der Waals surface area (Å²) in [7, 11) is 1.62. The molecule has 1 saturated heterocycles. The summed E-state index contributed by atoms with van der Waals surface area (Å²) in [4.78, 5) is 13.8. The fourth-order valence-corrected chi connectivity index (χ4v) is 2.69. The van der Waals surface area contributed by atoms with Crippen molar-refractivity contribution in [3.63, 3.8) is 0 Å². The van der Waals surface area contributed by atoms with E-state index in [4.69, 9.17) is 28.4 Å². The Balaban J connectivity index is 2.23. The first-order valence-electron chi connectivity index (χ1n) is 6.55. The monoisotopic (exact) mass is 293 g/mol. The van der Waals surface area contributed by atoms with Gasteiger partial charge in [0.25, 0.3) is 0 Å². The van der Waals surface area contributed by atoms with Crippen molar-refractivity contribution in [3.05, 3.63) is 23.8 Å². The maximum absolute atomic E-state index is 11.2. The number of carbonyl (C=O) groups excluding carboxylic acids is 1. The quantitative estimate of drug-likeness (QED) is 0.810. The van der Waals surface area contributed by atoms with E-state index in [-0.39, 0.29) is 11.8 Å². The second-order valence-corrected chi connectivity index (χ2v) is 5.35. The molecule has 0 aromatic heterocycles. The van der Waals surface area contributed by atoms with Crippen molar-refractivity contribution in [2.45, 2.75) is 12.8 Å². The number of anilines is 1. The predicted octanol–water partition coefficient (Wildman–Crippen LogP) is 1.03. The normalized spacial score (nSPS) is 15.9. The summed E-state index contributed by atoms with van der Waals surface area (Å²) in [6.07, 6.45) is 1.51. The molecule has 0 radical (unpaired) electrons. The number of nitrogens with zero attached hydrogens (tertiary/aromatic N) is 1. The number of ether oxygens (including phenoxy) is 1. The summed E-state index contributed by atoms with van der Waals surface area (Å²) in [5.74, 6) is 0.507. The molecule has 1 heterocycles. The first-order valence-corrected chi connectivity index (χ1v) is 6.96. The van der Waals surface area contributed by atoms with Crippen LogP contribution in [0.3, 0.4) is 0 Å². The molecule has 20 heavy (non-hydrogen) atoms. The third-order valence-electron chi connectivity index (χ3n) is 3.71. The van der Waals surface area contributed by atoms with Gasteiger partial charge < -0.3 is 21.1 Å². The van der Waals surface area contributed by atoms with Crippen LogP contribution in [-0.2, 0) is 4.79 Å². The number of hydrogen-bond acceptors (Lipinski definition) is 4. The van der Waals surface area contributed by atoms with Crippen molar-refractivity contribution < 1.29 is 9.53 Å². The highest BCUT2D eigenvalue weighted by Crippen LogP contribution is 2.29. The molecule has 108 valence electrons. The van der Waals surface area contributed by atoms with Crippen molar-refractivity contribution in [2.75, 3.05) is 25.1 Å². The predicted molar refractivity (Wildman–Crippen MR) is 83.0 cm³/mol. The molecule has 1 fully saturated rings. The van der Waals surface area contributed by atoms with E-state index in [2.05, 4.69) is 4.90 Å². The number of piperidine rings is 1. The largest absolute Gasteiger partial charge is 0.497 e. The Kier molecular flexibility index (Phi) is 4.44. The zero-order valence-electron chi connectivity index (χ0n) is 11.5. The zero-order chi connectivity index (χ0) is 14.7. The molecule has 1 aromatic carbocycles. The molecule has 5 nitrogen and oxygen atoms in total. The van der Waals surface area contributed by atoms with Gasteiger partial charge in [0.05, 0.1) is 12.8 Å². The van der Waals surface area contributed by atoms with E-state index in [9.17, 15) is 4.79 Å². The van der Waals surface area contributed by atoms with Gasteiger partial charge in [0.1, 0.15) is 10.7 Å². The molecule has 0 bridgehead atoms. The van der Waals surface area contributed by atoms with Gasteiger partial charge in [-0.05, 0) is 25.0 Å². The Morgan fingerprint density at radius 2 is 2.00 bits per heavy atom. The summed E-state index contributed by atoms with van der Waals surface area (Å²) < 4.78 is 5.25. The fraction of sp³-hybridized carbons (Fsp3) is 0.429. The van der Waals surface area contributed by atoms with Crippen molar-refractivity contribution in [3.8, 4) is 5.75 Å². The lowest BCUT2D eigenvalue weighted by Gasteiger charge is -2.33. The van der Waals surface area contributed by atoms with Crippen molar-refractivity contribution in [1.29, 1.82) is 0 Å². The Labute approximate surface area is 123 Å². The number of hydrogen-bond donors (Lipinski definition) is 2. The van der Waals surface area contributed by atoms with E-state index in [0.29, 0.717) is 4.99 Å². The molecule has 6 heteroatoms. The number of nitrogens with two attached hydrogens (primary N) is 2. The highest BCUT2D eigenvalue weighted by Gasteiger charge is 2.25. The van der Waals surface area contributed by atoms with Crippen molar-refractivity contribution >= 4 is 28.8 Å². The first kappa shape index (κ1) is 14.6.